The molecule has 1 heterocycles. The number of ether oxygens (including phenoxy) is 1. The number of piperazine rings is 1. The molecule has 1 aliphatic rings. The van der Waals surface area contributed by atoms with E-state index < -0.39 is 7.12 Å². The Bertz CT molecular complexity index is 535. The SMILES string of the molecule is COc1ccccc1N1CCN(CCC(C)(N)CCCCB(O)O)CC1. The first-order valence-electron chi connectivity index (χ1n) is 9.66. The van der Waals surface area contributed by atoms with Gasteiger partial charge in [-0.25, -0.2) is 0 Å². The summed E-state index contributed by atoms with van der Waals surface area (Å²) in [6.07, 6.45) is 4.06. The molecule has 1 atom stereocenters. The lowest BCUT2D eigenvalue weighted by molar-refractivity contribution is 0.225. The second kappa shape index (κ2) is 10.2. The summed E-state index contributed by atoms with van der Waals surface area (Å²) in [5.41, 5.74) is 7.40. The van der Waals surface area contributed by atoms with Crippen LogP contribution in [0.25, 0.3) is 0 Å². The lowest BCUT2D eigenvalue weighted by Crippen LogP contribution is -2.49. The summed E-state index contributed by atoms with van der Waals surface area (Å²) >= 11 is 0. The van der Waals surface area contributed by atoms with Crippen LogP contribution < -0.4 is 15.4 Å². The maximum absolute atomic E-state index is 8.90. The molecule has 4 N–H and O–H groups in total. The van der Waals surface area contributed by atoms with Crippen LogP contribution in [0.4, 0.5) is 5.69 Å². The van der Waals surface area contributed by atoms with Gasteiger partial charge in [0.1, 0.15) is 5.75 Å². The van der Waals surface area contributed by atoms with E-state index in [-0.39, 0.29) is 5.54 Å². The van der Waals surface area contributed by atoms with Gasteiger partial charge in [0, 0.05) is 38.3 Å². The smallest absolute Gasteiger partial charge is 0.451 e. The number of anilines is 1. The largest absolute Gasteiger partial charge is 0.495 e. The van der Waals surface area contributed by atoms with Gasteiger partial charge in [-0.2, -0.15) is 0 Å². The van der Waals surface area contributed by atoms with Crippen LogP contribution in [0.5, 0.6) is 5.75 Å². The fourth-order valence-corrected chi connectivity index (χ4v) is 3.50. The van der Waals surface area contributed by atoms with Crippen molar-refractivity contribution in [2.45, 2.75) is 44.5 Å². The Balaban J connectivity index is 1.71. The topological polar surface area (TPSA) is 82.2 Å². The highest BCUT2D eigenvalue weighted by molar-refractivity contribution is 6.40. The zero-order valence-electron chi connectivity index (χ0n) is 16.2. The van der Waals surface area contributed by atoms with Gasteiger partial charge < -0.3 is 25.4 Å². The van der Waals surface area contributed by atoms with E-state index in [1.54, 1.807) is 7.11 Å². The number of nitrogens with zero attached hydrogens (tertiary/aromatic N) is 2. The Hall–Kier alpha value is -1.28. The third-order valence-electron chi connectivity index (χ3n) is 5.26. The molecule has 0 radical (unpaired) electrons. The number of nitrogens with two attached hydrogens (primary N) is 1. The molecular weight excluding hydrogens is 329 g/mol. The number of unbranched alkanes of at least 4 members (excludes halogenated alkanes) is 1. The average Bonchev–Trinajstić information content (AvgIpc) is 2.64. The maximum Gasteiger partial charge on any atom is 0.451 e. The number of para-hydroxylation sites is 2. The monoisotopic (exact) mass is 363 g/mol. The zero-order chi connectivity index (χ0) is 19.0. The molecule has 0 aliphatic carbocycles. The highest BCUT2D eigenvalue weighted by atomic mass is 16.5. The van der Waals surface area contributed by atoms with Crippen molar-refractivity contribution in [3.63, 3.8) is 0 Å². The molecule has 2 rings (SSSR count). The van der Waals surface area contributed by atoms with Gasteiger partial charge >= 0.3 is 7.12 Å². The van der Waals surface area contributed by atoms with Gasteiger partial charge in [0.15, 0.2) is 0 Å². The minimum atomic E-state index is -1.20. The minimum absolute atomic E-state index is 0.194. The number of methoxy groups -OCH3 is 1. The lowest BCUT2D eigenvalue weighted by Gasteiger charge is -2.38. The Kier molecular flexibility index (Phi) is 8.22. The van der Waals surface area contributed by atoms with Crippen molar-refractivity contribution in [3.8, 4) is 5.75 Å². The van der Waals surface area contributed by atoms with Gasteiger partial charge in [0.2, 0.25) is 0 Å². The number of benzene rings is 1. The minimum Gasteiger partial charge on any atom is -0.495 e. The molecule has 1 aromatic rings. The van der Waals surface area contributed by atoms with E-state index in [0.29, 0.717) is 6.32 Å². The fraction of sp³-hybridized carbons (Fsp3) is 0.684. The quantitative estimate of drug-likeness (QED) is 0.432. The molecule has 1 fully saturated rings. The molecule has 1 aromatic carbocycles. The predicted octanol–water partition coefficient (Wildman–Crippen LogP) is 1.57. The molecule has 0 bridgehead atoms. The molecule has 26 heavy (non-hydrogen) atoms. The van der Waals surface area contributed by atoms with Gasteiger partial charge in [0.25, 0.3) is 0 Å². The molecular formula is C19H34BN3O3. The molecule has 0 spiro atoms. The molecule has 0 amide bonds. The second-order valence-electron chi connectivity index (χ2n) is 7.63. The van der Waals surface area contributed by atoms with Gasteiger partial charge in [-0.1, -0.05) is 25.0 Å². The summed E-state index contributed by atoms with van der Waals surface area (Å²) in [6.45, 7) is 7.17. The Morgan fingerprint density at radius 3 is 2.46 bits per heavy atom. The summed E-state index contributed by atoms with van der Waals surface area (Å²) < 4.78 is 5.48. The van der Waals surface area contributed by atoms with E-state index >= 15 is 0 Å². The van der Waals surface area contributed by atoms with Crippen LogP contribution >= 0.6 is 0 Å². The summed E-state index contributed by atoms with van der Waals surface area (Å²) in [5.74, 6) is 0.934. The normalized spacial score (nSPS) is 17.8. The fourth-order valence-electron chi connectivity index (χ4n) is 3.50. The molecule has 1 unspecified atom stereocenters. The molecule has 0 saturated carbocycles. The molecule has 146 valence electrons. The second-order valence-corrected chi connectivity index (χ2v) is 7.63. The molecule has 6 nitrogen and oxygen atoms in total. The number of rotatable bonds is 10. The maximum atomic E-state index is 8.90. The number of hydrogen-bond donors (Lipinski definition) is 3. The summed E-state index contributed by atoms with van der Waals surface area (Å²) in [5, 5.41) is 17.8. The standard InChI is InChI=1S/C19H34BN3O3/c1-19(21,9-5-6-11-20(24)25)10-12-22-13-15-23(16-14-22)17-7-3-4-8-18(17)26-2/h3-4,7-8,24-25H,5-6,9-16,21H2,1-2H3. The van der Waals surface area contributed by atoms with Gasteiger partial charge in [-0.15, -0.1) is 0 Å². The van der Waals surface area contributed by atoms with E-state index in [1.165, 1.54) is 5.69 Å². The van der Waals surface area contributed by atoms with E-state index in [2.05, 4.69) is 28.9 Å². The zero-order valence-corrected chi connectivity index (χ0v) is 16.2. The van der Waals surface area contributed by atoms with Crippen molar-refractivity contribution in [2.75, 3.05) is 44.7 Å². The predicted molar refractivity (Wildman–Crippen MR) is 108 cm³/mol. The van der Waals surface area contributed by atoms with Crippen LogP contribution in [-0.4, -0.2) is 67.4 Å². The van der Waals surface area contributed by atoms with E-state index in [4.69, 9.17) is 20.5 Å². The van der Waals surface area contributed by atoms with Gasteiger partial charge in [0.05, 0.1) is 12.8 Å². The lowest BCUT2D eigenvalue weighted by atomic mass is 9.82. The average molecular weight is 363 g/mol. The summed E-state index contributed by atoms with van der Waals surface area (Å²) in [4.78, 5) is 4.87. The van der Waals surface area contributed by atoms with E-state index in [0.717, 1.165) is 64.2 Å². The van der Waals surface area contributed by atoms with Crippen LogP contribution in [-0.2, 0) is 0 Å². The van der Waals surface area contributed by atoms with Crippen molar-refractivity contribution >= 4 is 12.8 Å². The van der Waals surface area contributed by atoms with Crippen LogP contribution in [0.1, 0.15) is 32.6 Å². The third kappa shape index (κ3) is 6.80. The van der Waals surface area contributed by atoms with E-state index in [9.17, 15) is 0 Å². The molecule has 7 heteroatoms. The van der Waals surface area contributed by atoms with Crippen molar-refractivity contribution < 1.29 is 14.8 Å². The van der Waals surface area contributed by atoms with Crippen molar-refractivity contribution in [1.29, 1.82) is 0 Å². The third-order valence-corrected chi connectivity index (χ3v) is 5.26. The Morgan fingerprint density at radius 2 is 1.81 bits per heavy atom. The Morgan fingerprint density at radius 1 is 1.12 bits per heavy atom. The first-order valence-corrected chi connectivity index (χ1v) is 9.66. The molecule has 1 saturated heterocycles. The van der Waals surface area contributed by atoms with Gasteiger partial charge in [-0.05, 0) is 38.2 Å². The van der Waals surface area contributed by atoms with Crippen molar-refractivity contribution in [2.24, 2.45) is 5.73 Å². The Labute approximate surface area is 158 Å². The van der Waals surface area contributed by atoms with Crippen LogP contribution in [0.3, 0.4) is 0 Å². The van der Waals surface area contributed by atoms with Crippen LogP contribution in [0, 0.1) is 0 Å². The molecule has 0 aromatic heterocycles. The highest BCUT2D eigenvalue weighted by Gasteiger charge is 2.23. The van der Waals surface area contributed by atoms with Crippen LogP contribution in [0.15, 0.2) is 24.3 Å². The summed E-state index contributed by atoms with van der Waals surface area (Å²) in [6, 6.07) is 8.19. The first-order chi connectivity index (χ1) is 12.4. The highest BCUT2D eigenvalue weighted by Crippen LogP contribution is 2.28. The van der Waals surface area contributed by atoms with Crippen molar-refractivity contribution in [1.82, 2.24) is 4.90 Å². The van der Waals surface area contributed by atoms with Crippen molar-refractivity contribution in [3.05, 3.63) is 24.3 Å². The number of hydrogen-bond acceptors (Lipinski definition) is 6. The van der Waals surface area contributed by atoms with Crippen LogP contribution in [0.2, 0.25) is 6.32 Å². The van der Waals surface area contributed by atoms with E-state index in [1.807, 2.05) is 12.1 Å². The first kappa shape index (κ1) is 21.0. The van der Waals surface area contributed by atoms with Gasteiger partial charge in [-0.3, -0.25) is 4.90 Å². The summed E-state index contributed by atoms with van der Waals surface area (Å²) in [7, 11) is 0.525. The molecule has 1 aliphatic heterocycles.